The number of phenolic OH excluding ortho intramolecular Hbond substituents is 1. The molecule has 20 heavy (non-hydrogen) atoms. The van der Waals surface area contributed by atoms with Crippen molar-refractivity contribution in [1.29, 1.82) is 0 Å². The Bertz CT molecular complexity index is 674. The molecule has 0 atom stereocenters. The lowest BCUT2D eigenvalue weighted by molar-refractivity contribution is 0.0952. The fourth-order valence-electron chi connectivity index (χ4n) is 1.50. The van der Waals surface area contributed by atoms with Gasteiger partial charge < -0.3 is 5.11 Å². The van der Waals surface area contributed by atoms with Gasteiger partial charge in [0.1, 0.15) is 5.75 Å². The van der Waals surface area contributed by atoms with Crippen LogP contribution in [0.25, 0.3) is 0 Å². The molecule has 102 valence electrons. The molecule has 1 amide bonds. The van der Waals surface area contributed by atoms with Crippen molar-refractivity contribution in [1.82, 2.24) is 5.43 Å². The summed E-state index contributed by atoms with van der Waals surface area (Å²) >= 11 is 5.43. The first-order valence-corrected chi connectivity index (χ1v) is 7.51. The summed E-state index contributed by atoms with van der Waals surface area (Å²) in [6.45, 7) is 0. The highest BCUT2D eigenvalue weighted by Crippen LogP contribution is 2.19. The Morgan fingerprint density at radius 2 is 2.10 bits per heavy atom. The van der Waals surface area contributed by atoms with Crippen LogP contribution in [0, 0.1) is 3.57 Å². The second-order valence-corrected chi connectivity index (χ2v) is 6.08. The molecule has 0 aliphatic heterocycles. The molecule has 0 unspecified atom stereocenters. The van der Waals surface area contributed by atoms with Gasteiger partial charge in [-0.1, -0.05) is 28.1 Å². The van der Waals surface area contributed by atoms with Gasteiger partial charge in [-0.3, -0.25) is 4.79 Å². The minimum absolute atomic E-state index is 0.0689. The molecule has 0 aliphatic carbocycles. The SMILES string of the molecule is O=C(N/N=C\c1cccc(Br)c1)c1cc(I)ccc1O. The second kappa shape index (κ2) is 6.85. The maximum Gasteiger partial charge on any atom is 0.275 e. The van der Waals surface area contributed by atoms with Crippen LogP contribution in [0.4, 0.5) is 0 Å². The molecule has 4 nitrogen and oxygen atoms in total. The number of aromatic hydroxyl groups is 1. The highest BCUT2D eigenvalue weighted by atomic mass is 127. The van der Waals surface area contributed by atoms with E-state index in [4.69, 9.17) is 0 Å². The van der Waals surface area contributed by atoms with Gasteiger partial charge >= 0.3 is 0 Å². The Balaban J connectivity index is 2.07. The first-order valence-electron chi connectivity index (χ1n) is 5.64. The van der Waals surface area contributed by atoms with Crippen molar-refractivity contribution in [2.45, 2.75) is 0 Å². The Kier molecular flexibility index (Phi) is 5.13. The van der Waals surface area contributed by atoms with E-state index in [1.54, 1.807) is 12.1 Å². The number of amides is 1. The number of nitrogens with one attached hydrogen (secondary N) is 1. The molecule has 0 bridgehead atoms. The third-order valence-electron chi connectivity index (χ3n) is 2.43. The molecule has 0 saturated carbocycles. The maximum atomic E-state index is 11.9. The van der Waals surface area contributed by atoms with Crippen LogP contribution in [0.15, 0.2) is 52.0 Å². The largest absolute Gasteiger partial charge is 0.507 e. The van der Waals surface area contributed by atoms with Crippen molar-refractivity contribution in [3.63, 3.8) is 0 Å². The van der Waals surface area contributed by atoms with Crippen LogP contribution in [0.1, 0.15) is 15.9 Å². The number of hydrazone groups is 1. The van der Waals surface area contributed by atoms with E-state index in [9.17, 15) is 9.90 Å². The molecule has 2 rings (SSSR count). The highest BCUT2D eigenvalue weighted by Gasteiger charge is 2.10. The van der Waals surface area contributed by atoms with Crippen LogP contribution in [-0.2, 0) is 0 Å². The van der Waals surface area contributed by atoms with Gasteiger partial charge in [0, 0.05) is 8.04 Å². The lowest BCUT2D eigenvalue weighted by Crippen LogP contribution is -2.17. The van der Waals surface area contributed by atoms with E-state index in [1.165, 1.54) is 12.3 Å². The topological polar surface area (TPSA) is 61.7 Å². The van der Waals surface area contributed by atoms with Gasteiger partial charge in [0.15, 0.2) is 0 Å². The van der Waals surface area contributed by atoms with E-state index in [1.807, 2.05) is 24.3 Å². The van der Waals surface area contributed by atoms with E-state index in [2.05, 4.69) is 49.0 Å². The van der Waals surface area contributed by atoms with Crippen molar-refractivity contribution in [3.05, 3.63) is 61.6 Å². The van der Waals surface area contributed by atoms with Gasteiger partial charge in [0.2, 0.25) is 0 Å². The van der Waals surface area contributed by atoms with E-state index in [0.717, 1.165) is 13.6 Å². The molecule has 2 aromatic rings. The van der Waals surface area contributed by atoms with Gasteiger partial charge in [-0.15, -0.1) is 0 Å². The van der Waals surface area contributed by atoms with Gasteiger partial charge in [0.05, 0.1) is 11.8 Å². The van der Waals surface area contributed by atoms with Crippen molar-refractivity contribution in [2.24, 2.45) is 5.10 Å². The number of rotatable bonds is 3. The Morgan fingerprint density at radius 3 is 2.85 bits per heavy atom. The minimum Gasteiger partial charge on any atom is -0.507 e. The third kappa shape index (κ3) is 4.04. The quantitative estimate of drug-likeness (QED) is 0.432. The fourth-order valence-corrected chi connectivity index (χ4v) is 2.41. The van der Waals surface area contributed by atoms with Crippen molar-refractivity contribution in [3.8, 4) is 5.75 Å². The van der Waals surface area contributed by atoms with Crippen molar-refractivity contribution >= 4 is 50.6 Å². The summed E-state index contributed by atoms with van der Waals surface area (Å²) < 4.78 is 1.80. The monoisotopic (exact) mass is 444 g/mol. The molecule has 0 saturated heterocycles. The summed E-state index contributed by atoms with van der Waals surface area (Å²) in [5.41, 5.74) is 3.44. The van der Waals surface area contributed by atoms with Crippen LogP contribution in [0.2, 0.25) is 0 Å². The summed E-state index contributed by atoms with van der Waals surface area (Å²) in [5, 5.41) is 13.5. The third-order valence-corrected chi connectivity index (χ3v) is 3.60. The number of hydrogen-bond acceptors (Lipinski definition) is 3. The summed E-state index contributed by atoms with van der Waals surface area (Å²) in [7, 11) is 0. The standard InChI is InChI=1S/C14H10BrIN2O2/c15-10-3-1-2-9(6-10)8-17-18-14(20)12-7-11(16)4-5-13(12)19/h1-8,19H,(H,18,20)/b17-8-. The van der Waals surface area contributed by atoms with Crippen molar-refractivity contribution < 1.29 is 9.90 Å². The molecule has 0 spiro atoms. The van der Waals surface area contributed by atoms with Crippen LogP contribution >= 0.6 is 38.5 Å². The minimum atomic E-state index is -0.452. The number of phenols is 1. The van der Waals surface area contributed by atoms with Crippen molar-refractivity contribution in [2.75, 3.05) is 0 Å². The van der Waals surface area contributed by atoms with E-state index >= 15 is 0 Å². The zero-order valence-electron chi connectivity index (χ0n) is 10.2. The maximum absolute atomic E-state index is 11.9. The van der Waals surface area contributed by atoms with Crippen LogP contribution in [0.3, 0.4) is 0 Å². The molecule has 0 aromatic heterocycles. The second-order valence-electron chi connectivity index (χ2n) is 3.92. The van der Waals surface area contributed by atoms with E-state index < -0.39 is 5.91 Å². The van der Waals surface area contributed by atoms with Gasteiger partial charge in [0.25, 0.3) is 5.91 Å². The normalized spacial score (nSPS) is 10.7. The van der Waals surface area contributed by atoms with E-state index in [0.29, 0.717) is 0 Å². The Morgan fingerprint density at radius 1 is 1.30 bits per heavy atom. The predicted octanol–water partition coefficient (Wildman–Crippen LogP) is 3.52. The first-order chi connectivity index (χ1) is 9.56. The average Bonchev–Trinajstić information content (AvgIpc) is 2.41. The molecule has 2 N–H and O–H groups in total. The van der Waals surface area contributed by atoms with Crippen LogP contribution in [0.5, 0.6) is 5.75 Å². The summed E-state index contributed by atoms with van der Waals surface area (Å²) in [6.07, 6.45) is 1.54. The zero-order valence-corrected chi connectivity index (χ0v) is 13.9. The fraction of sp³-hybridized carbons (Fsp3) is 0. The van der Waals surface area contributed by atoms with Gasteiger partial charge in [-0.2, -0.15) is 5.10 Å². The smallest absolute Gasteiger partial charge is 0.275 e. The zero-order chi connectivity index (χ0) is 14.5. The molecular weight excluding hydrogens is 435 g/mol. The average molecular weight is 445 g/mol. The summed E-state index contributed by atoms with van der Waals surface area (Å²) in [5.74, 6) is -0.521. The predicted molar refractivity (Wildman–Crippen MR) is 90.0 cm³/mol. The number of nitrogens with zero attached hydrogens (tertiary/aromatic N) is 1. The molecule has 0 fully saturated rings. The molecular formula is C14H10BrIN2O2. The molecule has 0 heterocycles. The van der Waals surface area contributed by atoms with Gasteiger partial charge in [-0.05, 0) is 58.5 Å². The molecule has 0 aliphatic rings. The number of halogens is 2. The number of carbonyl (C=O) groups is 1. The molecule has 2 aromatic carbocycles. The summed E-state index contributed by atoms with van der Waals surface area (Å²) in [6, 6.07) is 12.3. The first kappa shape index (κ1) is 15.0. The Labute approximate surface area is 138 Å². The Hall–Kier alpha value is -1.41. The van der Waals surface area contributed by atoms with E-state index in [-0.39, 0.29) is 11.3 Å². The number of benzene rings is 2. The number of carbonyl (C=O) groups excluding carboxylic acids is 1. The lowest BCUT2D eigenvalue weighted by atomic mass is 10.2. The molecule has 0 radical (unpaired) electrons. The van der Waals surface area contributed by atoms with Crippen LogP contribution < -0.4 is 5.43 Å². The highest BCUT2D eigenvalue weighted by molar-refractivity contribution is 14.1. The van der Waals surface area contributed by atoms with Crippen LogP contribution in [-0.4, -0.2) is 17.2 Å². The molecule has 6 heteroatoms. The number of hydrogen-bond donors (Lipinski definition) is 2. The van der Waals surface area contributed by atoms with Gasteiger partial charge in [-0.25, -0.2) is 5.43 Å². The summed E-state index contributed by atoms with van der Waals surface area (Å²) in [4.78, 5) is 11.9. The lowest BCUT2D eigenvalue weighted by Gasteiger charge is -2.03.